The Kier molecular flexibility index (Phi) is 2.78. The van der Waals surface area contributed by atoms with E-state index >= 15 is 0 Å². The quantitative estimate of drug-likeness (QED) is 0.825. The maximum atomic E-state index is 5.82. The van der Waals surface area contributed by atoms with Gasteiger partial charge < -0.3 is 5.73 Å². The molecule has 1 aliphatic carbocycles. The second-order valence-corrected chi connectivity index (χ2v) is 5.06. The van der Waals surface area contributed by atoms with Crippen molar-refractivity contribution in [2.24, 2.45) is 0 Å². The van der Waals surface area contributed by atoms with Gasteiger partial charge in [0.1, 0.15) is 0 Å². The van der Waals surface area contributed by atoms with Crippen LogP contribution in [-0.4, -0.2) is 4.98 Å². The second-order valence-electron chi connectivity index (χ2n) is 5.06. The monoisotopic (exact) mass is 238 g/mol. The lowest BCUT2D eigenvalue weighted by Gasteiger charge is -2.16. The van der Waals surface area contributed by atoms with Gasteiger partial charge in [0.15, 0.2) is 0 Å². The number of nitrogens with zero attached hydrogens (tertiary/aromatic N) is 1. The molecule has 2 N–H and O–H groups in total. The first-order valence-electron chi connectivity index (χ1n) is 6.59. The third-order valence-corrected chi connectivity index (χ3v) is 3.77. The topological polar surface area (TPSA) is 38.9 Å². The van der Waals surface area contributed by atoms with E-state index in [4.69, 9.17) is 5.73 Å². The Morgan fingerprint density at radius 3 is 2.56 bits per heavy atom. The molecule has 2 nitrogen and oxygen atoms in total. The number of hydrogen-bond donors (Lipinski definition) is 1. The number of rotatable bonds is 1. The summed E-state index contributed by atoms with van der Waals surface area (Å²) in [7, 11) is 0. The zero-order chi connectivity index (χ0) is 12.5. The lowest BCUT2D eigenvalue weighted by atomic mass is 9.90. The second kappa shape index (κ2) is 4.45. The predicted octanol–water partition coefficient (Wildman–Crippen LogP) is 3.52. The van der Waals surface area contributed by atoms with Gasteiger partial charge in [-0.2, -0.15) is 0 Å². The lowest BCUT2D eigenvalue weighted by molar-refractivity contribution is 0.686. The average molecular weight is 238 g/mol. The van der Waals surface area contributed by atoms with Crippen LogP contribution in [0.4, 0.5) is 5.69 Å². The minimum Gasteiger partial charge on any atom is -0.397 e. The number of benzene rings is 1. The molecule has 3 rings (SSSR count). The van der Waals surface area contributed by atoms with Crippen LogP contribution in [0.3, 0.4) is 0 Å². The van der Waals surface area contributed by atoms with Crippen LogP contribution in [0.5, 0.6) is 0 Å². The van der Waals surface area contributed by atoms with Crippen LogP contribution in [0, 0.1) is 6.92 Å². The van der Waals surface area contributed by atoms with Gasteiger partial charge in [0.2, 0.25) is 0 Å². The number of fused-ring (bicyclic) bond motifs is 1. The maximum Gasteiger partial charge on any atom is 0.0706 e. The first-order chi connectivity index (χ1) is 8.74. The van der Waals surface area contributed by atoms with Crippen molar-refractivity contribution in [2.75, 3.05) is 5.73 Å². The number of aryl methyl sites for hydroxylation is 3. The van der Waals surface area contributed by atoms with Gasteiger partial charge in [-0.15, -0.1) is 0 Å². The van der Waals surface area contributed by atoms with Crippen LogP contribution in [0.2, 0.25) is 0 Å². The van der Waals surface area contributed by atoms with Crippen molar-refractivity contribution in [1.82, 2.24) is 4.98 Å². The number of pyridine rings is 1. The Hall–Kier alpha value is -1.83. The van der Waals surface area contributed by atoms with Crippen molar-refractivity contribution >= 4 is 5.69 Å². The molecule has 2 aromatic rings. The minimum atomic E-state index is 0.761. The summed E-state index contributed by atoms with van der Waals surface area (Å²) < 4.78 is 0. The van der Waals surface area contributed by atoms with Crippen molar-refractivity contribution < 1.29 is 0 Å². The molecule has 0 aliphatic heterocycles. The Bertz CT molecular complexity index is 588. The fourth-order valence-corrected chi connectivity index (χ4v) is 2.63. The third-order valence-electron chi connectivity index (χ3n) is 3.77. The minimum absolute atomic E-state index is 0.761. The number of hydrogen-bond acceptors (Lipinski definition) is 2. The van der Waals surface area contributed by atoms with Crippen molar-refractivity contribution in [3.63, 3.8) is 0 Å². The molecule has 1 heterocycles. The van der Waals surface area contributed by atoms with Gasteiger partial charge in [0.25, 0.3) is 0 Å². The molecule has 92 valence electrons. The van der Waals surface area contributed by atoms with Crippen LogP contribution in [0.25, 0.3) is 11.3 Å². The van der Waals surface area contributed by atoms with Gasteiger partial charge in [0.05, 0.1) is 17.1 Å². The van der Waals surface area contributed by atoms with Gasteiger partial charge in [-0.1, -0.05) is 12.1 Å². The van der Waals surface area contributed by atoms with Gasteiger partial charge in [-0.05, 0) is 61.9 Å². The molecule has 0 unspecified atom stereocenters. The fraction of sp³-hybridized carbons (Fsp3) is 0.312. The number of nitrogens with two attached hydrogens (primary N) is 1. The molecular formula is C16H18N2. The lowest BCUT2D eigenvalue weighted by Crippen LogP contribution is -2.02. The Morgan fingerprint density at radius 2 is 1.78 bits per heavy atom. The smallest absolute Gasteiger partial charge is 0.0706 e. The average Bonchev–Trinajstić information content (AvgIpc) is 2.41. The van der Waals surface area contributed by atoms with Crippen molar-refractivity contribution in [3.05, 3.63) is 47.2 Å². The highest BCUT2D eigenvalue weighted by atomic mass is 14.7. The summed E-state index contributed by atoms with van der Waals surface area (Å²) in [6, 6.07) is 10.7. The van der Waals surface area contributed by atoms with Crippen LogP contribution in [0.15, 0.2) is 30.3 Å². The predicted molar refractivity (Wildman–Crippen MR) is 75.5 cm³/mol. The Morgan fingerprint density at radius 1 is 1.00 bits per heavy atom. The van der Waals surface area contributed by atoms with E-state index in [0.29, 0.717) is 0 Å². The summed E-state index contributed by atoms with van der Waals surface area (Å²) in [6.45, 7) is 1.96. The van der Waals surface area contributed by atoms with E-state index in [0.717, 1.165) is 17.1 Å². The van der Waals surface area contributed by atoms with E-state index in [2.05, 4.69) is 23.2 Å². The highest BCUT2D eigenvalue weighted by Crippen LogP contribution is 2.27. The number of nitrogen functional groups attached to an aromatic ring is 1. The van der Waals surface area contributed by atoms with Crippen LogP contribution >= 0.6 is 0 Å². The van der Waals surface area contributed by atoms with Crippen molar-refractivity contribution in [1.29, 1.82) is 0 Å². The van der Waals surface area contributed by atoms with Gasteiger partial charge in [-0.3, -0.25) is 4.98 Å². The van der Waals surface area contributed by atoms with Crippen molar-refractivity contribution in [2.45, 2.75) is 32.6 Å². The normalized spacial score (nSPS) is 14.3. The molecule has 0 bridgehead atoms. The van der Waals surface area contributed by atoms with E-state index in [-0.39, 0.29) is 0 Å². The molecule has 2 heteroatoms. The van der Waals surface area contributed by atoms with E-state index < -0.39 is 0 Å². The first-order valence-corrected chi connectivity index (χ1v) is 6.59. The van der Waals surface area contributed by atoms with E-state index in [9.17, 15) is 0 Å². The molecule has 1 aromatic heterocycles. The maximum absolute atomic E-state index is 5.82. The molecule has 0 radical (unpaired) electrons. The van der Waals surface area contributed by atoms with Gasteiger partial charge in [-0.25, -0.2) is 0 Å². The molecule has 0 fully saturated rings. The van der Waals surface area contributed by atoms with Crippen molar-refractivity contribution in [3.8, 4) is 11.3 Å². The molecule has 0 saturated heterocycles. The van der Waals surface area contributed by atoms with Crippen LogP contribution in [-0.2, 0) is 12.8 Å². The summed E-state index contributed by atoms with van der Waals surface area (Å²) in [5, 5.41) is 0. The SMILES string of the molecule is Cc1nc(-c2ccc3c(c2)CCCC3)ccc1N. The van der Waals surface area contributed by atoms with Gasteiger partial charge >= 0.3 is 0 Å². The standard InChI is InChI=1S/C16H18N2/c1-11-15(17)8-9-16(18-11)14-7-6-12-4-2-3-5-13(12)10-14/h6-10H,2-5,17H2,1H3. The van der Waals surface area contributed by atoms with E-state index in [1.165, 1.54) is 42.4 Å². The summed E-state index contributed by atoms with van der Waals surface area (Å²) in [4.78, 5) is 4.57. The molecule has 0 saturated carbocycles. The largest absolute Gasteiger partial charge is 0.397 e. The number of anilines is 1. The third kappa shape index (κ3) is 1.99. The van der Waals surface area contributed by atoms with Crippen LogP contribution in [0.1, 0.15) is 29.7 Å². The summed E-state index contributed by atoms with van der Waals surface area (Å²) >= 11 is 0. The molecular weight excluding hydrogens is 220 g/mol. The van der Waals surface area contributed by atoms with E-state index in [1.807, 2.05) is 19.1 Å². The summed E-state index contributed by atoms with van der Waals surface area (Å²) in [5.74, 6) is 0. The van der Waals surface area contributed by atoms with E-state index in [1.54, 1.807) is 0 Å². The molecule has 1 aliphatic rings. The molecule has 1 aromatic carbocycles. The highest BCUT2D eigenvalue weighted by Gasteiger charge is 2.10. The molecule has 0 spiro atoms. The van der Waals surface area contributed by atoms with Crippen LogP contribution < -0.4 is 5.73 Å². The first kappa shape index (κ1) is 11.3. The molecule has 18 heavy (non-hydrogen) atoms. The highest BCUT2D eigenvalue weighted by molar-refractivity contribution is 5.63. The Labute approximate surface area is 108 Å². The van der Waals surface area contributed by atoms with Gasteiger partial charge in [0, 0.05) is 5.56 Å². The zero-order valence-electron chi connectivity index (χ0n) is 10.7. The molecule has 0 amide bonds. The zero-order valence-corrected chi connectivity index (χ0v) is 10.7. The molecule has 0 atom stereocenters. The fourth-order valence-electron chi connectivity index (χ4n) is 2.63. The summed E-state index contributed by atoms with van der Waals surface area (Å²) in [5.41, 5.74) is 12.7. The Balaban J connectivity index is 2.03. The summed E-state index contributed by atoms with van der Waals surface area (Å²) in [6.07, 6.45) is 5.07. The number of aromatic nitrogens is 1.